The van der Waals surface area contributed by atoms with Crippen molar-refractivity contribution in [3.05, 3.63) is 82.6 Å². The average Bonchev–Trinajstić information content (AvgIpc) is 3.00. The van der Waals surface area contributed by atoms with Gasteiger partial charge in [0.05, 0.1) is 13.2 Å². The number of nitrogens with one attached hydrogen (secondary N) is 5. The summed E-state index contributed by atoms with van der Waals surface area (Å²) in [5, 5.41) is 14.1. The van der Waals surface area contributed by atoms with E-state index in [1.54, 1.807) is 50.2 Å². The predicted octanol–water partition coefficient (Wildman–Crippen LogP) is 2.96. The second kappa shape index (κ2) is 17.9. The molecule has 0 fully saturated rings. The Hall–Kier alpha value is -4.45. The zero-order valence-corrected chi connectivity index (χ0v) is 26.9. The molecule has 46 heavy (non-hydrogen) atoms. The molecule has 0 radical (unpaired) electrons. The molecule has 1 aliphatic heterocycles. The molecule has 2 aromatic carbocycles. The van der Waals surface area contributed by atoms with Gasteiger partial charge in [0.2, 0.25) is 17.7 Å². The molecule has 11 nitrogen and oxygen atoms in total. The van der Waals surface area contributed by atoms with E-state index in [2.05, 4.69) is 26.6 Å². The summed E-state index contributed by atoms with van der Waals surface area (Å²) in [5.41, 5.74) is 1.26. The first-order valence-electron chi connectivity index (χ1n) is 15.2. The van der Waals surface area contributed by atoms with E-state index in [1.807, 2.05) is 0 Å². The van der Waals surface area contributed by atoms with Crippen LogP contribution in [0.1, 0.15) is 44.2 Å². The number of hydrogen-bond donors (Lipinski definition) is 5. The number of benzene rings is 2. The lowest BCUT2D eigenvalue weighted by atomic mass is 10.0. The van der Waals surface area contributed by atoms with Crippen molar-refractivity contribution in [2.75, 3.05) is 13.7 Å². The molecule has 1 heterocycles. The van der Waals surface area contributed by atoms with Crippen molar-refractivity contribution in [2.24, 2.45) is 5.92 Å². The van der Waals surface area contributed by atoms with Crippen LogP contribution in [0.5, 0.6) is 0 Å². The number of carbonyl (C=O) groups excluding carboxylic acids is 5. The number of ether oxygens (including phenoxy) is 1. The van der Waals surface area contributed by atoms with Gasteiger partial charge in [0, 0.05) is 24.1 Å². The van der Waals surface area contributed by atoms with Gasteiger partial charge in [0.15, 0.2) is 0 Å². The molecule has 2 aromatic rings. The Kier molecular flexibility index (Phi) is 14.0. The summed E-state index contributed by atoms with van der Waals surface area (Å²) in [4.78, 5) is 64.8. The number of hydrogen-bond acceptors (Lipinski definition) is 6. The number of esters is 1. The molecule has 248 valence electrons. The maximum atomic E-state index is 13.9. The third-order valence-electron chi connectivity index (χ3n) is 7.36. The van der Waals surface area contributed by atoms with Gasteiger partial charge in [-0.15, -0.1) is 0 Å². The molecule has 0 aromatic heterocycles. The highest BCUT2D eigenvalue weighted by atomic mass is 35.5. The molecular weight excluding hydrogens is 617 g/mol. The van der Waals surface area contributed by atoms with Gasteiger partial charge in [0.1, 0.15) is 23.9 Å². The maximum absolute atomic E-state index is 13.9. The van der Waals surface area contributed by atoms with E-state index in [0.29, 0.717) is 35.5 Å². The lowest BCUT2D eigenvalue weighted by Gasteiger charge is -2.26. The average molecular weight is 658 g/mol. The zero-order valence-electron chi connectivity index (χ0n) is 26.1. The van der Waals surface area contributed by atoms with Gasteiger partial charge in [-0.05, 0) is 67.0 Å². The monoisotopic (exact) mass is 657 g/mol. The fourth-order valence-corrected chi connectivity index (χ4v) is 5.14. The fourth-order valence-electron chi connectivity index (χ4n) is 4.93. The predicted molar refractivity (Wildman–Crippen MR) is 171 cm³/mol. The quantitative estimate of drug-likeness (QED) is 0.248. The summed E-state index contributed by atoms with van der Waals surface area (Å²) >= 11 is 6.16. The van der Waals surface area contributed by atoms with E-state index in [-0.39, 0.29) is 31.1 Å². The van der Waals surface area contributed by atoms with Crippen molar-refractivity contribution in [3.63, 3.8) is 0 Å². The largest absolute Gasteiger partial charge is 0.467 e. The van der Waals surface area contributed by atoms with Crippen molar-refractivity contribution in [1.82, 2.24) is 26.6 Å². The van der Waals surface area contributed by atoms with Gasteiger partial charge in [-0.25, -0.2) is 14.0 Å². The number of rotatable bonds is 10. The van der Waals surface area contributed by atoms with Crippen LogP contribution in [0.25, 0.3) is 0 Å². The third-order valence-corrected chi connectivity index (χ3v) is 7.60. The molecule has 3 rings (SSSR count). The van der Waals surface area contributed by atoms with E-state index < -0.39 is 53.8 Å². The Morgan fingerprint density at radius 3 is 2.48 bits per heavy atom. The molecule has 0 bridgehead atoms. The van der Waals surface area contributed by atoms with Gasteiger partial charge in [-0.3, -0.25) is 14.4 Å². The Bertz CT molecular complexity index is 1420. The minimum Gasteiger partial charge on any atom is -0.467 e. The Balaban J connectivity index is 1.83. The first kappa shape index (κ1) is 36.0. The fraction of sp³-hybridized carbons (Fsp3) is 0.424. The number of amides is 5. The van der Waals surface area contributed by atoms with Crippen molar-refractivity contribution < 1.29 is 33.1 Å². The van der Waals surface area contributed by atoms with Gasteiger partial charge < -0.3 is 31.3 Å². The van der Waals surface area contributed by atoms with Crippen LogP contribution in [0.15, 0.2) is 60.7 Å². The molecule has 5 amide bonds. The minimum atomic E-state index is -1.15. The Morgan fingerprint density at radius 2 is 1.78 bits per heavy atom. The molecule has 3 unspecified atom stereocenters. The van der Waals surface area contributed by atoms with Crippen LogP contribution in [0, 0.1) is 11.7 Å². The lowest BCUT2D eigenvalue weighted by molar-refractivity contribution is -0.144. The molecular formula is C33H41ClFN5O6. The standard InChI is InChI=1S/C33H41ClFN5O6/c1-20(2)29(32(44)46-3)40-33(45)39-27(19-21-8-6-10-23(34)16-21)31(43)38-26-12-4-5-15-36-28(41)14-13-25(37-30(26)42)18-22-9-7-11-24(35)17-22/h6-11,13-14,16-17,20,25-27,29H,4-5,12,15,18-19H2,1-3H3,(H,36,41)(H,37,42)(H,38,43)(H2,39,40,45)/b14-13+/t25-,26?,27?,29?/m1/s1. The number of halogens is 2. The molecule has 5 N–H and O–H groups in total. The van der Waals surface area contributed by atoms with Gasteiger partial charge in [0.25, 0.3) is 0 Å². The maximum Gasteiger partial charge on any atom is 0.328 e. The van der Waals surface area contributed by atoms with Gasteiger partial charge >= 0.3 is 12.0 Å². The molecule has 0 spiro atoms. The highest BCUT2D eigenvalue weighted by Crippen LogP contribution is 2.14. The summed E-state index contributed by atoms with van der Waals surface area (Å²) < 4.78 is 18.7. The summed E-state index contributed by atoms with van der Waals surface area (Å²) in [7, 11) is 1.22. The highest BCUT2D eigenvalue weighted by molar-refractivity contribution is 6.30. The second-order valence-electron chi connectivity index (χ2n) is 11.4. The Labute approximate surface area is 273 Å². The molecule has 0 aliphatic carbocycles. The molecule has 1 aliphatic rings. The van der Waals surface area contributed by atoms with E-state index in [4.69, 9.17) is 16.3 Å². The van der Waals surface area contributed by atoms with Crippen LogP contribution in [0.4, 0.5) is 9.18 Å². The highest BCUT2D eigenvalue weighted by Gasteiger charge is 2.30. The van der Waals surface area contributed by atoms with E-state index in [9.17, 15) is 28.4 Å². The summed E-state index contributed by atoms with van der Waals surface area (Å²) in [6, 6.07) is 8.16. The topological polar surface area (TPSA) is 155 Å². The summed E-state index contributed by atoms with van der Waals surface area (Å²) in [5.74, 6) is -2.81. The van der Waals surface area contributed by atoms with Crippen molar-refractivity contribution in [3.8, 4) is 0 Å². The smallest absolute Gasteiger partial charge is 0.328 e. The first-order chi connectivity index (χ1) is 21.9. The lowest BCUT2D eigenvalue weighted by Crippen LogP contribution is -2.58. The van der Waals surface area contributed by atoms with E-state index in [1.165, 1.54) is 31.4 Å². The molecule has 4 atom stereocenters. The minimum absolute atomic E-state index is 0.0374. The van der Waals surface area contributed by atoms with Crippen LogP contribution < -0.4 is 26.6 Å². The molecule has 13 heteroatoms. The normalized spacial score (nSPS) is 19.3. The van der Waals surface area contributed by atoms with Crippen LogP contribution in [0.3, 0.4) is 0 Å². The van der Waals surface area contributed by atoms with Crippen LogP contribution in [-0.2, 0) is 36.8 Å². The van der Waals surface area contributed by atoms with Gasteiger partial charge in [-0.2, -0.15) is 0 Å². The number of urea groups is 1. The van der Waals surface area contributed by atoms with E-state index in [0.717, 1.165) is 0 Å². The Morgan fingerprint density at radius 1 is 1.04 bits per heavy atom. The number of carbonyl (C=O) groups is 5. The van der Waals surface area contributed by atoms with Crippen LogP contribution in [0.2, 0.25) is 5.02 Å². The molecule has 0 saturated heterocycles. The number of methoxy groups -OCH3 is 1. The SMILES string of the molecule is COC(=O)C(NC(=O)NC(Cc1cccc(Cl)c1)C(=O)NC1CCCCNC(=O)/C=C/[C@H](Cc2cccc(F)c2)NC1=O)C(C)C. The van der Waals surface area contributed by atoms with Crippen LogP contribution in [-0.4, -0.2) is 67.5 Å². The van der Waals surface area contributed by atoms with Crippen molar-refractivity contribution >= 4 is 41.3 Å². The van der Waals surface area contributed by atoms with Gasteiger partial charge in [-0.1, -0.05) is 55.8 Å². The summed E-state index contributed by atoms with van der Waals surface area (Å²) in [6.45, 7) is 3.85. The second-order valence-corrected chi connectivity index (χ2v) is 11.8. The third kappa shape index (κ3) is 11.8. The van der Waals surface area contributed by atoms with Crippen molar-refractivity contribution in [2.45, 2.75) is 70.1 Å². The van der Waals surface area contributed by atoms with Crippen molar-refractivity contribution in [1.29, 1.82) is 0 Å². The van der Waals surface area contributed by atoms with E-state index >= 15 is 0 Å². The van der Waals surface area contributed by atoms with Crippen LogP contribution >= 0.6 is 11.6 Å². The summed E-state index contributed by atoms with van der Waals surface area (Å²) in [6.07, 6.45) is 4.39. The first-order valence-corrected chi connectivity index (χ1v) is 15.5. The molecule has 0 saturated carbocycles. The zero-order chi connectivity index (χ0) is 33.6.